The third kappa shape index (κ3) is 2.19. The summed E-state index contributed by atoms with van der Waals surface area (Å²) < 4.78 is 0.942. The van der Waals surface area contributed by atoms with Crippen molar-refractivity contribution >= 4 is 27.3 Å². The molecule has 0 spiro atoms. The molecule has 1 N–H and O–H groups in total. The highest BCUT2D eigenvalue weighted by Gasteiger charge is 2.18. The first-order chi connectivity index (χ1) is 7.74. The molecule has 84 valence electrons. The maximum absolute atomic E-state index is 10.3. The number of halogens is 1. The van der Waals surface area contributed by atoms with Crippen molar-refractivity contribution in [3.8, 4) is 0 Å². The Bertz CT molecular complexity index is 483. The standard InChI is InChI=1S/C12H12BrNOS/c1-2-8-4-3-6-14-10(8)11(15)12-9(13)5-7-16-12/h3-7,11,15H,2H2,1H3. The Kier molecular flexibility index (Phi) is 3.74. The highest BCUT2D eigenvalue weighted by Crippen LogP contribution is 2.33. The van der Waals surface area contributed by atoms with Crippen molar-refractivity contribution in [3.63, 3.8) is 0 Å². The zero-order chi connectivity index (χ0) is 11.5. The molecular weight excluding hydrogens is 286 g/mol. The van der Waals surface area contributed by atoms with E-state index in [1.54, 1.807) is 6.20 Å². The maximum Gasteiger partial charge on any atom is 0.131 e. The van der Waals surface area contributed by atoms with Gasteiger partial charge in [0.25, 0.3) is 0 Å². The van der Waals surface area contributed by atoms with E-state index in [2.05, 4.69) is 27.8 Å². The van der Waals surface area contributed by atoms with Crippen LogP contribution < -0.4 is 0 Å². The van der Waals surface area contributed by atoms with Crippen LogP contribution in [0.15, 0.2) is 34.2 Å². The molecule has 0 saturated carbocycles. The Morgan fingerprint density at radius 3 is 2.94 bits per heavy atom. The van der Waals surface area contributed by atoms with Crippen LogP contribution in [0.5, 0.6) is 0 Å². The van der Waals surface area contributed by atoms with Gasteiger partial charge in [-0.25, -0.2) is 0 Å². The van der Waals surface area contributed by atoms with Crippen LogP contribution in [0.1, 0.15) is 29.2 Å². The number of hydrogen-bond acceptors (Lipinski definition) is 3. The monoisotopic (exact) mass is 297 g/mol. The van der Waals surface area contributed by atoms with E-state index in [0.29, 0.717) is 0 Å². The number of hydrogen-bond donors (Lipinski definition) is 1. The zero-order valence-corrected chi connectivity index (χ0v) is 11.3. The lowest BCUT2D eigenvalue weighted by atomic mass is 10.1. The number of nitrogens with zero attached hydrogens (tertiary/aromatic N) is 1. The number of aliphatic hydroxyl groups excluding tert-OH is 1. The number of thiophene rings is 1. The summed E-state index contributed by atoms with van der Waals surface area (Å²) in [7, 11) is 0. The molecule has 0 saturated heterocycles. The molecule has 0 bridgehead atoms. The molecule has 2 aromatic heterocycles. The first-order valence-electron chi connectivity index (χ1n) is 5.08. The maximum atomic E-state index is 10.3. The molecule has 0 amide bonds. The van der Waals surface area contributed by atoms with Gasteiger partial charge >= 0.3 is 0 Å². The molecule has 0 aliphatic carbocycles. The van der Waals surface area contributed by atoms with Crippen molar-refractivity contribution in [3.05, 3.63) is 50.4 Å². The first kappa shape index (κ1) is 11.8. The van der Waals surface area contributed by atoms with Gasteiger partial charge in [-0.05, 0) is 45.4 Å². The summed E-state index contributed by atoms with van der Waals surface area (Å²) in [5, 5.41) is 12.2. The summed E-state index contributed by atoms with van der Waals surface area (Å²) in [5.74, 6) is 0. The number of aromatic nitrogens is 1. The Morgan fingerprint density at radius 1 is 1.50 bits per heavy atom. The fourth-order valence-corrected chi connectivity index (χ4v) is 3.20. The molecule has 0 aliphatic heterocycles. The third-order valence-electron chi connectivity index (χ3n) is 2.46. The van der Waals surface area contributed by atoms with E-state index < -0.39 is 6.10 Å². The van der Waals surface area contributed by atoms with Crippen LogP contribution in [0.25, 0.3) is 0 Å². The van der Waals surface area contributed by atoms with Gasteiger partial charge in [0.1, 0.15) is 6.10 Å². The van der Waals surface area contributed by atoms with E-state index in [4.69, 9.17) is 0 Å². The normalized spacial score (nSPS) is 12.7. The highest BCUT2D eigenvalue weighted by atomic mass is 79.9. The summed E-state index contributed by atoms with van der Waals surface area (Å²) in [4.78, 5) is 5.19. The van der Waals surface area contributed by atoms with Crippen LogP contribution in [-0.2, 0) is 6.42 Å². The van der Waals surface area contributed by atoms with E-state index in [1.807, 2.05) is 23.6 Å². The molecule has 2 heterocycles. The molecule has 1 atom stereocenters. The molecule has 0 aromatic carbocycles. The van der Waals surface area contributed by atoms with E-state index in [9.17, 15) is 5.11 Å². The lowest BCUT2D eigenvalue weighted by molar-refractivity contribution is 0.217. The topological polar surface area (TPSA) is 33.1 Å². The number of aryl methyl sites for hydroxylation is 1. The third-order valence-corrected chi connectivity index (χ3v) is 4.38. The Balaban J connectivity index is 2.41. The molecular formula is C12H12BrNOS. The minimum atomic E-state index is -0.634. The van der Waals surface area contributed by atoms with Gasteiger partial charge in [-0.1, -0.05) is 13.0 Å². The summed E-state index contributed by atoms with van der Waals surface area (Å²) in [5.41, 5.74) is 1.85. The van der Waals surface area contributed by atoms with Crippen LogP contribution in [0, 0.1) is 0 Å². The van der Waals surface area contributed by atoms with Crippen LogP contribution in [0.3, 0.4) is 0 Å². The molecule has 16 heavy (non-hydrogen) atoms. The van der Waals surface area contributed by atoms with Gasteiger partial charge < -0.3 is 5.11 Å². The molecule has 4 heteroatoms. The Hall–Kier alpha value is -0.710. The Labute approximate surface area is 107 Å². The predicted octanol–water partition coefficient (Wildman–Crippen LogP) is 3.55. The highest BCUT2D eigenvalue weighted by molar-refractivity contribution is 9.10. The van der Waals surface area contributed by atoms with Crippen molar-refractivity contribution in [2.45, 2.75) is 19.4 Å². The van der Waals surface area contributed by atoms with Crippen LogP contribution in [0.4, 0.5) is 0 Å². The van der Waals surface area contributed by atoms with Gasteiger partial charge in [0.2, 0.25) is 0 Å². The number of rotatable bonds is 3. The minimum absolute atomic E-state index is 0.634. The van der Waals surface area contributed by atoms with E-state index in [1.165, 1.54) is 11.3 Å². The van der Waals surface area contributed by atoms with Gasteiger partial charge in [-0.3, -0.25) is 4.98 Å². The van der Waals surface area contributed by atoms with E-state index >= 15 is 0 Å². The van der Waals surface area contributed by atoms with Gasteiger partial charge in [0.05, 0.1) is 10.6 Å². The average molecular weight is 298 g/mol. The smallest absolute Gasteiger partial charge is 0.131 e. The Morgan fingerprint density at radius 2 is 2.31 bits per heavy atom. The molecule has 0 radical (unpaired) electrons. The second kappa shape index (κ2) is 5.08. The zero-order valence-electron chi connectivity index (χ0n) is 8.85. The van der Waals surface area contributed by atoms with Gasteiger partial charge in [0.15, 0.2) is 0 Å². The largest absolute Gasteiger partial charge is 0.381 e. The van der Waals surface area contributed by atoms with Crippen molar-refractivity contribution in [1.29, 1.82) is 0 Å². The van der Waals surface area contributed by atoms with Crippen LogP contribution in [-0.4, -0.2) is 10.1 Å². The van der Waals surface area contributed by atoms with Gasteiger partial charge in [0, 0.05) is 10.7 Å². The fourth-order valence-electron chi connectivity index (χ4n) is 1.62. The van der Waals surface area contributed by atoms with Gasteiger partial charge in [-0.15, -0.1) is 11.3 Å². The van der Waals surface area contributed by atoms with Crippen LogP contribution in [0.2, 0.25) is 0 Å². The first-order valence-corrected chi connectivity index (χ1v) is 6.76. The molecule has 0 fully saturated rings. The number of pyridine rings is 1. The summed E-state index contributed by atoms with van der Waals surface area (Å²) in [6.07, 6.45) is 1.97. The van der Waals surface area contributed by atoms with Crippen molar-refractivity contribution < 1.29 is 5.11 Å². The minimum Gasteiger partial charge on any atom is -0.381 e. The molecule has 2 aromatic rings. The summed E-state index contributed by atoms with van der Waals surface area (Å²) >= 11 is 4.97. The molecule has 2 rings (SSSR count). The van der Waals surface area contributed by atoms with E-state index in [-0.39, 0.29) is 0 Å². The van der Waals surface area contributed by atoms with E-state index in [0.717, 1.165) is 27.0 Å². The van der Waals surface area contributed by atoms with Crippen LogP contribution >= 0.6 is 27.3 Å². The second-order valence-corrected chi connectivity index (χ2v) is 5.24. The molecule has 1 unspecified atom stereocenters. The van der Waals surface area contributed by atoms with Gasteiger partial charge in [-0.2, -0.15) is 0 Å². The van der Waals surface area contributed by atoms with Crippen molar-refractivity contribution in [2.75, 3.05) is 0 Å². The SMILES string of the molecule is CCc1cccnc1C(O)c1sccc1Br. The number of aliphatic hydroxyl groups is 1. The fraction of sp³-hybridized carbons (Fsp3) is 0.250. The predicted molar refractivity (Wildman–Crippen MR) is 69.7 cm³/mol. The quantitative estimate of drug-likeness (QED) is 0.940. The second-order valence-electron chi connectivity index (χ2n) is 3.44. The van der Waals surface area contributed by atoms with Crippen molar-refractivity contribution in [1.82, 2.24) is 4.98 Å². The lowest BCUT2D eigenvalue weighted by Gasteiger charge is -2.12. The van der Waals surface area contributed by atoms with Crippen molar-refractivity contribution in [2.24, 2.45) is 0 Å². The molecule has 2 nitrogen and oxygen atoms in total. The summed E-state index contributed by atoms with van der Waals surface area (Å²) in [6.45, 7) is 2.07. The summed E-state index contributed by atoms with van der Waals surface area (Å²) in [6, 6.07) is 5.85. The lowest BCUT2D eigenvalue weighted by Crippen LogP contribution is -2.04. The molecule has 0 aliphatic rings. The average Bonchev–Trinajstić information content (AvgIpc) is 2.74.